The summed E-state index contributed by atoms with van der Waals surface area (Å²) in [6.45, 7) is 6.92. The van der Waals surface area contributed by atoms with Crippen LogP contribution in [0.25, 0.3) is 0 Å². The first-order valence-corrected chi connectivity index (χ1v) is 10.4. The van der Waals surface area contributed by atoms with Crippen LogP contribution in [0.4, 0.5) is 0 Å². The van der Waals surface area contributed by atoms with Crippen molar-refractivity contribution in [2.45, 2.75) is 25.7 Å². The first-order valence-electron chi connectivity index (χ1n) is 10.4. The minimum atomic E-state index is -0.302. The fourth-order valence-corrected chi connectivity index (χ4v) is 3.69. The summed E-state index contributed by atoms with van der Waals surface area (Å²) in [7, 11) is 0. The Balaban J connectivity index is 1.54. The van der Waals surface area contributed by atoms with Crippen LogP contribution in [0, 0.1) is 0 Å². The lowest BCUT2D eigenvalue weighted by Crippen LogP contribution is -2.49. The molecule has 3 rings (SSSR count). The van der Waals surface area contributed by atoms with Crippen LogP contribution in [-0.4, -0.2) is 65.9 Å². The normalized spacial score (nSPS) is 15.7. The fourth-order valence-electron chi connectivity index (χ4n) is 3.69. The Hall–Kier alpha value is -2.73. The topological polar surface area (TPSA) is 65.5 Å². The van der Waals surface area contributed by atoms with Crippen molar-refractivity contribution in [1.29, 1.82) is 0 Å². The van der Waals surface area contributed by atoms with Gasteiger partial charge in [0.05, 0.1) is 5.92 Å². The van der Waals surface area contributed by atoms with Crippen LogP contribution in [0.15, 0.2) is 54.9 Å². The molecule has 2 amide bonds. The Kier molecular flexibility index (Phi) is 7.76. The van der Waals surface area contributed by atoms with Gasteiger partial charge in [0, 0.05) is 51.5 Å². The van der Waals surface area contributed by atoms with Crippen molar-refractivity contribution < 1.29 is 9.59 Å². The molecule has 0 aliphatic carbocycles. The number of benzene rings is 1. The van der Waals surface area contributed by atoms with Gasteiger partial charge in [0.15, 0.2) is 0 Å². The summed E-state index contributed by atoms with van der Waals surface area (Å²) < 4.78 is 0. The zero-order valence-electron chi connectivity index (χ0n) is 17.1. The van der Waals surface area contributed by atoms with Crippen LogP contribution in [0.2, 0.25) is 0 Å². The Morgan fingerprint density at radius 2 is 1.83 bits per heavy atom. The molecule has 0 radical (unpaired) electrons. The van der Waals surface area contributed by atoms with Gasteiger partial charge in [-0.2, -0.15) is 0 Å². The standard InChI is InChI=1S/C23H30N4O2/c1-2-26-13-15-27(16-14-26)22(28)10-12-25-23(29)21(20-8-4-3-5-9-20)17-19-7-6-11-24-18-19/h3-9,11,18,21H,2,10,12-17H2,1H3,(H,25,29). The van der Waals surface area contributed by atoms with Crippen LogP contribution >= 0.6 is 0 Å². The number of aromatic nitrogens is 1. The summed E-state index contributed by atoms with van der Waals surface area (Å²) in [5, 5.41) is 2.97. The minimum absolute atomic E-state index is 0.0522. The van der Waals surface area contributed by atoms with E-state index in [-0.39, 0.29) is 17.7 Å². The smallest absolute Gasteiger partial charge is 0.227 e. The average molecular weight is 395 g/mol. The van der Waals surface area contributed by atoms with E-state index in [1.165, 1.54) is 0 Å². The number of carbonyl (C=O) groups excluding carboxylic acids is 2. The summed E-state index contributed by atoms with van der Waals surface area (Å²) >= 11 is 0. The first-order chi connectivity index (χ1) is 14.2. The number of hydrogen-bond acceptors (Lipinski definition) is 4. The molecule has 1 unspecified atom stereocenters. The van der Waals surface area contributed by atoms with Gasteiger partial charge >= 0.3 is 0 Å². The van der Waals surface area contributed by atoms with E-state index in [0.717, 1.165) is 43.9 Å². The molecule has 29 heavy (non-hydrogen) atoms. The Morgan fingerprint density at radius 1 is 1.07 bits per heavy atom. The maximum absolute atomic E-state index is 12.9. The van der Waals surface area contributed by atoms with Gasteiger partial charge in [-0.3, -0.25) is 14.6 Å². The van der Waals surface area contributed by atoms with Crippen molar-refractivity contribution in [3.8, 4) is 0 Å². The van der Waals surface area contributed by atoms with Gasteiger partial charge in [-0.05, 0) is 30.2 Å². The van der Waals surface area contributed by atoms with Gasteiger partial charge in [-0.15, -0.1) is 0 Å². The van der Waals surface area contributed by atoms with E-state index in [1.54, 1.807) is 12.4 Å². The highest BCUT2D eigenvalue weighted by Crippen LogP contribution is 2.21. The van der Waals surface area contributed by atoms with Crippen molar-refractivity contribution in [3.05, 3.63) is 66.0 Å². The summed E-state index contributed by atoms with van der Waals surface area (Å²) in [6, 6.07) is 13.6. The number of nitrogens with zero attached hydrogens (tertiary/aromatic N) is 3. The predicted molar refractivity (Wildman–Crippen MR) is 113 cm³/mol. The third kappa shape index (κ3) is 6.12. The number of nitrogens with one attached hydrogen (secondary N) is 1. The molecule has 1 aliphatic heterocycles. The van der Waals surface area contributed by atoms with Crippen LogP contribution in [0.5, 0.6) is 0 Å². The molecule has 0 saturated carbocycles. The third-order valence-electron chi connectivity index (χ3n) is 5.49. The van der Waals surface area contributed by atoms with Gasteiger partial charge < -0.3 is 15.1 Å². The number of hydrogen-bond donors (Lipinski definition) is 1. The Morgan fingerprint density at radius 3 is 2.48 bits per heavy atom. The molecule has 0 bridgehead atoms. The summed E-state index contributed by atoms with van der Waals surface area (Å²) in [4.78, 5) is 33.8. The number of rotatable bonds is 8. The molecular formula is C23H30N4O2. The van der Waals surface area contributed by atoms with E-state index >= 15 is 0 Å². The van der Waals surface area contributed by atoms with Gasteiger partial charge in [-0.25, -0.2) is 0 Å². The van der Waals surface area contributed by atoms with E-state index in [2.05, 4.69) is 22.1 Å². The van der Waals surface area contributed by atoms with Gasteiger partial charge in [0.25, 0.3) is 0 Å². The zero-order valence-corrected chi connectivity index (χ0v) is 17.1. The van der Waals surface area contributed by atoms with E-state index in [1.807, 2.05) is 47.4 Å². The van der Waals surface area contributed by atoms with Crippen LogP contribution in [0.1, 0.15) is 30.4 Å². The molecule has 6 nitrogen and oxygen atoms in total. The highest BCUT2D eigenvalue weighted by Gasteiger charge is 2.23. The van der Waals surface area contributed by atoms with E-state index in [4.69, 9.17) is 0 Å². The fraction of sp³-hybridized carbons (Fsp3) is 0.435. The maximum Gasteiger partial charge on any atom is 0.227 e. The molecule has 1 saturated heterocycles. The lowest BCUT2D eigenvalue weighted by Gasteiger charge is -2.34. The van der Waals surface area contributed by atoms with Gasteiger partial charge in [0.1, 0.15) is 0 Å². The number of carbonyl (C=O) groups is 2. The molecule has 1 fully saturated rings. The first kappa shape index (κ1) is 21.0. The number of amides is 2. The molecule has 0 spiro atoms. The average Bonchev–Trinajstić information content (AvgIpc) is 2.78. The molecule has 6 heteroatoms. The van der Waals surface area contributed by atoms with Gasteiger partial charge in [0.2, 0.25) is 11.8 Å². The van der Waals surface area contributed by atoms with Crippen molar-refractivity contribution >= 4 is 11.8 Å². The molecule has 2 heterocycles. The lowest BCUT2D eigenvalue weighted by molar-refractivity contribution is -0.133. The van der Waals surface area contributed by atoms with Crippen molar-refractivity contribution in [2.24, 2.45) is 0 Å². The summed E-state index contributed by atoms with van der Waals surface area (Å²) in [5.74, 6) is -0.239. The Bertz CT molecular complexity index is 774. The minimum Gasteiger partial charge on any atom is -0.355 e. The molecule has 1 aromatic heterocycles. The maximum atomic E-state index is 12.9. The quantitative estimate of drug-likeness (QED) is 0.745. The summed E-state index contributed by atoms with van der Waals surface area (Å²) in [5.41, 5.74) is 1.98. The zero-order chi connectivity index (χ0) is 20.5. The lowest BCUT2D eigenvalue weighted by atomic mass is 9.91. The van der Waals surface area contributed by atoms with E-state index in [0.29, 0.717) is 19.4 Å². The highest BCUT2D eigenvalue weighted by atomic mass is 16.2. The van der Waals surface area contributed by atoms with Crippen molar-refractivity contribution in [3.63, 3.8) is 0 Å². The van der Waals surface area contributed by atoms with Crippen molar-refractivity contribution in [2.75, 3.05) is 39.3 Å². The van der Waals surface area contributed by atoms with E-state index in [9.17, 15) is 9.59 Å². The third-order valence-corrected chi connectivity index (χ3v) is 5.49. The molecule has 154 valence electrons. The van der Waals surface area contributed by atoms with Crippen LogP contribution in [0.3, 0.4) is 0 Å². The van der Waals surface area contributed by atoms with Crippen LogP contribution < -0.4 is 5.32 Å². The number of piperazine rings is 1. The monoisotopic (exact) mass is 394 g/mol. The van der Waals surface area contributed by atoms with Crippen LogP contribution in [-0.2, 0) is 16.0 Å². The number of pyridine rings is 1. The molecule has 1 aromatic carbocycles. The molecule has 1 aliphatic rings. The summed E-state index contributed by atoms with van der Waals surface area (Å²) in [6.07, 6.45) is 4.44. The Labute approximate surface area is 172 Å². The largest absolute Gasteiger partial charge is 0.355 e. The molecular weight excluding hydrogens is 364 g/mol. The van der Waals surface area contributed by atoms with Gasteiger partial charge in [-0.1, -0.05) is 43.3 Å². The predicted octanol–water partition coefficient (Wildman–Crippen LogP) is 2.08. The molecule has 1 atom stereocenters. The second-order valence-corrected chi connectivity index (χ2v) is 7.38. The molecule has 2 aromatic rings. The highest BCUT2D eigenvalue weighted by molar-refractivity contribution is 5.84. The molecule has 1 N–H and O–H groups in total. The van der Waals surface area contributed by atoms with E-state index < -0.39 is 0 Å². The number of likely N-dealkylation sites (N-methyl/N-ethyl adjacent to an activating group) is 1. The SMILES string of the molecule is CCN1CCN(C(=O)CCNC(=O)C(Cc2cccnc2)c2ccccc2)CC1. The second kappa shape index (κ2) is 10.7. The van der Waals surface area contributed by atoms with Crippen molar-refractivity contribution in [1.82, 2.24) is 20.1 Å². The second-order valence-electron chi connectivity index (χ2n) is 7.38.